The van der Waals surface area contributed by atoms with Crippen LogP contribution < -0.4 is 9.80 Å². The predicted molar refractivity (Wildman–Crippen MR) is 224 cm³/mol. The van der Waals surface area contributed by atoms with Crippen molar-refractivity contribution in [2.45, 2.75) is 61.1 Å². The molecule has 0 radical (unpaired) electrons. The van der Waals surface area contributed by atoms with Gasteiger partial charge in [0.05, 0.1) is 23.9 Å². The van der Waals surface area contributed by atoms with Gasteiger partial charge in [-0.3, -0.25) is 4.79 Å². The zero-order chi connectivity index (χ0) is 37.2. The van der Waals surface area contributed by atoms with Crippen molar-refractivity contribution >= 4 is 49.0 Å². The number of halogens is 2. The van der Waals surface area contributed by atoms with Gasteiger partial charge in [0.1, 0.15) is 12.5 Å². The Morgan fingerprint density at radius 1 is 0.481 bits per heavy atom. The molecule has 0 saturated carbocycles. The maximum atomic E-state index is 16.4. The lowest BCUT2D eigenvalue weighted by Crippen LogP contribution is -2.49. The highest BCUT2D eigenvalue weighted by atomic mass is 79.9. The van der Waals surface area contributed by atoms with Gasteiger partial charge >= 0.3 is 0 Å². The van der Waals surface area contributed by atoms with Crippen molar-refractivity contribution in [1.82, 2.24) is 0 Å². The van der Waals surface area contributed by atoms with Gasteiger partial charge in [-0.2, -0.15) is 0 Å². The van der Waals surface area contributed by atoms with Crippen LogP contribution in [0.25, 0.3) is 0 Å². The first-order valence-corrected chi connectivity index (χ1v) is 20.1. The van der Waals surface area contributed by atoms with Crippen molar-refractivity contribution in [2.75, 3.05) is 9.80 Å². The Hall–Kier alpha value is -4.53. The number of aliphatic hydroxyl groups excluding tert-OH is 2. The fourth-order valence-corrected chi connectivity index (χ4v) is 9.62. The molecular formula is C47H42Br2N2O3. The van der Waals surface area contributed by atoms with E-state index < -0.39 is 36.4 Å². The Kier molecular flexibility index (Phi) is 10.8. The van der Waals surface area contributed by atoms with Crippen LogP contribution in [0.3, 0.4) is 0 Å². The first-order chi connectivity index (χ1) is 26.4. The third-order valence-electron chi connectivity index (χ3n) is 11.4. The number of ketones is 1. The van der Waals surface area contributed by atoms with E-state index in [9.17, 15) is 10.2 Å². The van der Waals surface area contributed by atoms with E-state index in [2.05, 4.69) is 90.2 Å². The van der Waals surface area contributed by atoms with E-state index in [1.54, 1.807) is 0 Å². The number of anilines is 2. The number of hydrogen-bond donors (Lipinski definition) is 2. The topological polar surface area (TPSA) is 64.0 Å². The van der Waals surface area contributed by atoms with Crippen molar-refractivity contribution in [3.8, 4) is 0 Å². The molecule has 2 saturated heterocycles. The van der Waals surface area contributed by atoms with Crippen LogP contribution in [0, 0.1) is 0 Å². The molecule has 0 bridgehead atoms. The number of rotatable bonds is 10. The van der Waals surface area contributed by atoms with Crippen molar-refractivity contribution in [3.63, 3.8) is 0 Å². The van der Waals surface area contributed by atoms with Crippen LogP contribution in [0.5, 0.6) is 0 Å². The normalized spacial score (nSPS) is 23.6. The smallest absolute Gasteiger partial charge is 0.151 e. The lowest BCUT2D eigenvalue weighted by Gasteiger charge is -2.42. The second-order valence-electron chi connectivity index (χ2n) is 14.4. The number of hydrogen-bond acceptors (Lipinski definition) is 5. The van der Waals surface area contributed by atoms with E-state index in [0.29, 0.717) is 12.8 Å². The van der Waals surface area contributed by atoms with Gasteiger partial charge in [-0.15, -0.1) is 0 Å². The van der Waals surface area contributed by atoms with Crippen molar-refractivity contribution in [3.05, 3.63) is 201 Å². The van der Waals surface area contributed by atoms with Crippen molar-refractivity contribution in [2.24, 2.45) is 0 Å². The lowest BCUT2D eigenvalue weighted by atomic mass is 9.70. The molecule has 6 aromatic carbocycles. The molecular weight excluding hydrogens is 800 g/mol. The Morgan fingerprint density at radius 2 is 0.796 bits per heavy atom. The van der Waals surface area contributed by atoms with Crippen LogP contribution in [-0.2, 0) is 4.79 Å². The first kappa shape index (κ1) is 36.4. The highest BCUT2D eigenvalue weighted by Crippen LogP contribution is 2.51. The standard InChI is InChI=1S/C47H42Br2N2O3/c48-35-21-25-37(26-22-35)50-41(52)29-39(31-13-5-1-6-14-31)45(50)43(33-17-9-3-10-18-33)47(54)44(34-19-11-4-12-20-34)46-40(32-15-7-2-8-16-32)30-42(53)51(46)38-27-23-36(49)24-28-38/h1-28,39-46,52-53H,29-30H2/t39-,40-,41+,42+,43?,44?,45+,46+/m0/s1. The Labute approximate surface area is 334 Å². The van der Waals surface area contributed by atoms with Gasteiger partial charge in [-0.05, 0) is 70.8 Å². The second kappa shape index (κ2) is 16.1. The first-order valence-electron chi connectivity index (χ1n) is 18.6. The summed E-state index contributed by atoms with van der Waals surface area (Å²) in [7, 11) is 0. The van der Waals surface area contributed by atoms with Crippen LogP contribution in [0.1, 0.15) is 58.8 Å². The van der Waals surface area contributed by atoms with Crippen LogP contribution >= 0.6 is 31.9 Å². The fraction of sp³-hybridized carbons (Fsp3) is 0.213. The quantitative estimate of drug-likeness (QED) is 0.144. The molecule has 2 fully saturated rings. The second-order valence-corrected chi connectivity index (χ2v) is 16.2. The summed E-state index contributed by atoms with van der Waals surface area (Å²) in [6, 6.07) is 56.0. The van der Waals surface area contributed by atoms with Gasteiger partial charge in [0, 0.05) is 45.0 Å². The molecule has 2 unspecified atom stereocenters. The SMILES string of the molecule is O=C(C(c1ccccc1)[C@H]1[C@H](c2ccccc2)C[C@@H](O)N1c1ccc(Br)cc1)C(c1ccccc1)[C@H]1[C@H](c2ccccc2)C[C@@H](O)N1c1ccc(Br)cc1. The van der Waals surface area contributed by atoms with E-state index in [0.717, 1.165) is 42.6 Å². The van der Waals surface area contributed by atoms with Gasteiger partial charge in [0.25, 0.3) is 0 Å². The zero-order valence-electron chi connectivity index (χ0n) is 29.7. The maximum absolute atomic E-state index is 16.4. The van der Waals surface area contributed by atoms with Gasteiger partial charge in [-0.1, -0.05) is 153 Å². The molecule has 5 nitrogen and oxygen atoms in total. The zero-order valence-corrected chi connectivity index (χ0v) is 32.8. The molecule has 0 aromatic heterocycles. The van der Waals surface area contributed by atoms with Gasteiger partial charge in [0.15, 0.2) is 5.78 Å². The number of nitrogens with zero attached hydrogens (tertiary/aromatic N) is 2. The number of aliphatic hydroxyl groups is 2. The highest BCUT2D eigenvalue weighted by Gasteiger charge is 2.54. The summed E-state index contributed by atoms with van der Waals surface area (Å²) < 4.78 is 1.88. The maximum Gasteiger partial charge on any atom is 0.151 e. The monoisotopic (exact) mass is 840 g/mol. The molecule has 2 aliphatic heterocycles. The van der Waals surface area contributed by atoms with Crippen molar-refractivity contribution < 1.29 is 15.0 Å². The summed E-state index contributed by atoms with van der Waals surface area (Å²) in [4.78, 5) is 20.6. The molecule has 2 heterocycles. The summed E-state index contributed by atoms with van der Waals surface area (Å²) >= 11 is 7.20. The fourth-order valence-electron chi connectivity index (χ4n) is 9.09. The Morgan fingerprint density at radius 3 is 1.13 bits per heavy atom. The van der Waals surface area contributed by atoms with E-state index in [1.165, 1.54) is 0 Å². The minimum absolute atomic E-state index is 0.0525. The van der Waals surface area contributed by atoms with Crippen LogP contribution in [-0.4, -0.2) is 40.5 Å². The van der Waals surface area contributed by atoms with Crippen LogP contribution in [0.2, 0.25) is 0 Å². The largest absolute Gasteiger partial charge is 0.374 e. The third kappa shape index (κ3) is 7.18. The molecule has 54 heavy (non-hydrogen) atoms. The van der Waals surface area contributed by atoms with Crippen molar-refractivity contribution in [1.29, 1.82) is 0 Å². The minimum atomic E-state index is -0.819. The van der Waals surface area contributed by atoms with Crippen LogP contribution in [0.4, 0.5) is 11.4 Å². The average Bonchev–Trinajstić information content (AvgIpc) is 3.73. The highest BCUT2D eigenvalue weighted by molar-refractivity contribution is 9.10. The average molecular weight is 843 g/mol. The molecule has 0 spiro atoms. The van der Waals surface area contributed by atoms with E-state index in [1.807, 2.05) is 121 Å². The number of benzene rings is 6. The summed E-state index contributed by atoms with van der Waals surface area (Å²) in [5.74, 6) is -1.56. The molecule has 6 aromatic rings. The molecule has 7 heteroatoms. The molecule has 0 aliphatic carbocycles. The summed E-state index contributed by atoms with van der Waals surface area (Å²) in [6.45, 7) is 0. The third-order valence-corrected chi connectivity index (χ3v) is 12.4. The van der Waals surface area contributed by atoms with Crippen LogP contribution in [0.15, 0.2) is 179 Å². The summed E-state index contributed by atoms with van der Waals surface area (Å²) in [6.07, 6.45) is -0.700. The number of carbonyl (C=O) groups excluding carboxylic acids is 1. The molecule has 272 valence electrons. The molecule has 2 N–H and O–H groups in total. The van der Waals surface area contributed by atoms with E-state index in [-0.39, 0.29) is 17.6 Å². The summed E-state index contributed by atoms with van der Waals surface area (Å²) in [5.41, 5.74) is 5.68. The molecule has 0 amide bonds. The predicted octanol–water partition coefficient (Wildman–Crippen LogP) is 10.4. The summed E-state index contributed by atoms with van der Waals surface area (Å²) in [5, 5.41) is 24.1. The minimum Gasteiger partial charge on any atom is -0.374 e. The Bertz CT molecular complexity index is 1980. The Balaban J connectivity index is 1.35. The lowest BCUT2D eigenvalue weighted by molar-refractivity contribution is -0.123. The van der Waals surface area contributed by atoms with Gasteiger partial charge in [-0.25, -0.2) is 0 Å². The number of Topliss-reactive ketones (excluding diaryl/α,β-unsaturated/α-hetero) is 1. The molecule has 8 atom stereocenters. The van der Waals surface area contributed by atoms with Gasteiger partial charge in [0.2, 0.25) is 0 Å². The van der Waals surface area contributed by atoms with E-state index >= 15 is 4.79 Å². The molecule has 2 aliphatic rings. The van der Waals surface area contributed by atoms with Gasteiger partial charge < -0.3 is 20.0 Å². The van der Waals surface area contributed by atoms with E-state index in [4.69, 9.17) is 0 Å². The molecule has 8 rings (SSSR count). The number of carbonyl (C=O) groups is 1.